The molecule has 0 spiro atoms. The number of amides is 2. The molecule has 69 heavy (non-hydrogen) atoms. The fraction of sp³-hybridized carbons (Fsp3) is 0.293. The minimum Gasteiger partial charge on any atom is -0.399 e. The van der Waals surface area contributed by atoms with Crippen LogP contribution in [-0.4, -0.2) is 95.1 Å². The van der Waals surface area contributed by atoms with E-state index < -0.39 is 0 Å². The molecule has 5 N–H and O–H groups in total. The van der Waals surface area contributed by atoms with Crippen LogP contribution in [0.25, 0.3) is 11.1 Å². The summed E-state index contributed by atoms with van der Waals surface area (Å²) in [7, 11) is 0. The number of hydrogen-bond acceptors (Lipinski definition) is 9. The molecule has 2 amide bonds. The first-order chi connectivity index (χ1) is 33.7. The van der Waals surface area contributed by atoms with Gasteiger partial charge in [-0.3, -0.25) is 29.3 Å². The van der Waals surface area contributed by atoms with Crippen LogP contribution in [-0.2, 0) is 6.54 Å². The second-order valence-electron chi connectivity index (χ2n) is 17.0. The largest absolute Gasteiger partial charge is 0.399 e. The number of aldehydes is 1. The molecule has 11 heteroatoms. The van der Waals surface area contributed by atoms with Gasteiger partial charge in [0.15, 0.2) is 6.29 Å². The average molecular weight is 925 g/mol. The summed E-state index contributed by atoms with van der Waals surface area (Å²) in [5.74, 6) is 0.170. The number of likely N-dealkylation sites (tertiary alicyclic amines) is 1. The molecule has 0 atom stereocenters. The van der Waals surface area contributed by atoms with Gasteiger partial charge in [-0.15, -0.1) is 0 Å². The van der Waals surface area contributed by atoms with Crippen molar-refractivity contribution >= 4 is 40.6 Å². The zero-order valence-electron chi connectivity index (χ0n) is 40.7. The zero-order valence-corrected chi connectivity index (χ0v) is 40.7. The summed E-state index contributed by atoms with van der Waals surface area (Å²) in [6.45, 7) is 15.8. The lowest BCUT2D eigenvalue weighted by Crippen LogP contribution is -2.31. The molecular weight excluding hydrogens is 857 g/mol. The van der Waals surface area contributed by atoms with Crippen LogP contribution in [0.15, 0.2) is 157 Å². The van der Waals surface area contributed by atoms with Crippen LogP contribution >= 0.6 is 0 Å². The molecule has 4 aromatic carbocycles. The van der Waals surface area contributed by atoms with Crippen molar-refractivity contribution in [1.29, 1.82) is 0 Å². The molecule has 6 aromatic rings. The molecule has 8 rings (SSSR count). The molecule has 2 aliphatic heterocycles. The fourth-order valence-electron chi connectivity index (χ4n) is 8.86. The highest BCUT2D eigenvalue weighted by Crippen LogP contribution is 2.35. The van der Waals surface area contributed by atoms with E-state index in [4.69, 9.17) is 11.5 Å². The molecule has 2 fully saturated rings. The highest BCUT2D eigenvalue weighted by molar-refractivity contribution is 5.96. The van der Waals surface area contributed by atoms with E-state index in [1.165, 1.54) is 22.3 Å². The number of hydrogen-bond donors (Lipinski definition) is 3. The fourth-order valence-corrected chi connectivity index (χ4v) is 8.86. The Labute approximate surface area is 409 Å². The maximum Gasteiger partial charge on any atom is 0.253 e. The number of benzene rings is 4. The van der Waals surface area contributed by atoms with Gasteiger partial charge in [-0.05, 0) is 173 Å². The average Bonchev–Trinajstić information content (AvgIpc) is 3.39. The van der Waals surface area contributed by atoms with Crippen LogP contribution in [0.1, 0.15) is 113 Å². The Kier molecular flexibility index (Phi) is 19.6. The van der Waals surface area contributed by atoms with Gasteiger partial charge in [-0.2, -0.15) is 0 Å². The first-order valence-electron chi connectivity index (χ1n) is 24.3. The molecule has 358 valence electrons. The summed E-state index contributed by atoms with van der Waals surface area (Å²) < 4.78 is 0. The van der Waals surface area contributed by atoms with E-state index in [9.17, 15) is 14.4 Å². The third-order valence-corrected chi connectivity index (χ3v) is 12.6. The smallest absolute Gasteiger partial charge is 0.253 e. The second kappa shape index (κ2) is 26.4. The molecule has 4 heterocycles. The van der Waals surface area contributed by atoms with Crippen molar-refractivity contribution in [2.75, 3.05) is 63.8 Å². The van der Waals surface area contributed by atoms with Crippen molar-refractivity contribution in [3.05, 3.63) is 202 Å². The van der Waals surface area contributed by atoms with Gasteiger partial charge in [-0.25, -0.2) is 0 Å². The Morgan fingerprint density at radius 3 is 1.39 bits per heavy atom. The molecule has 2 aliphatic rings. The van der Waals surface area contributed by atoms with Crippen LogP contribution in [0.2, 0.25) is 0 Å². The highest BCUT2D eigenvalue weighted by atomic mass is 16.2. The van der Waals surface area contributed by atoms with Crippen molar-refractivity contribution in [2.24, 2.45) is 0 Å². The van der Waals surface area contributed by atoms with Gasteiger partial charge in [0, 0.05) is 80.7 Å². The van der Waals surface area contributed by atoms with Crippen molar-refractivity contribution in [3.63, 3.8) is 0 Å². The highest BCUT2D eigenvalue weighted by Gasteiger charge is 2.21. The Balaban J connectivity index is 0.000000199. The number of nitrogens with one attached hydrogen (secondary N) is 1. The number of pyridine rings is 2. The van der Waals surface area contributed by atoms with Gasteiger partial charge in [0.25, 0.3) is 11.8 Å². The lowest BCUT2D eigenvalue weighted by Gasteiger charge is -2.30. The maximum atomic E-state index is 12.8. The van der Waals surface area contributed by atoms with Gasteiger partial charge >= 0.3 is 0 Å². The molecule has 0 radical (unpaired) electrons. The van der Waals surface area contributed by atoms with E-state index in [2.05, 4.69) is 68.7 Å². The SMILES string of the molecule is CCN(CC)C(=O)c1ccc(C(=C2CCN(Cc3ccccn3)CC2)c2cccc(N)c2)cc1.CCN(CC)C(=O)c1ccc(C(=C2CCNCC2)c2cccc(N)c2)cc1.O=Cc1ccccn1. The van der Waals surface area contributed by atoms with E-state index in [1.54, 1.807) is 24.4 Å². The number of rotatable bonds is 13. The molecule has 2 saturated heterocycles. The van der Waals surface area contributed by atoms with Gasteiger partial charge in [0.05, 0.1) is 5.69 Å². The summed E-state index contributed by atoms with van der Waals surface area (Å²) in [5, 5.41) is 3.42. The Morgan fingerprint density at radius 2 is 1.00 bits per heavy atom. The van der Waals surface area contributed by atoms with Gasteiger partial charge in [0.1, 0.15) is 5.69 Å². The normalized spacial score (nSPS) is 13.4. The van der Waals surface area contributed by atoms with E-state index in [0.717, 1.165) is 128 Å². The van der Waals surface area contributed by atoms with Crippen molar-refractivity contribution in [3.8, 4) is 0 Å². The van der Waals surface area contributed by atoms with Crippen LogP contribution < -0.4 is 16.8 Å². The standard InChI is InChI=1S/C29H34N4O.C23H29N3O.C6H5NO/c1-3-33(4-2)29(34)24-13-11-22(12-14-24)28(25-8-7-9-26(30)20-25)23-15-18-32(19-16-23)21-27-10-5-6-17-31-27;1-3-26(4-2)23(27)19-10-8-17(9-11-19)22(18-12-14-25-15-13-18)20-6-5-7-21(24)16-20;8-5-6-3-1-2-4-7-6/h5-14,17,20H,3-4,15-16,18-19,21,30H2,1-2H3;5-11,16,25H,3-4,12-15,24H2,1-2H3;1-5H. The maximum absolute atomic E-state index is 12.8. The number of nitrogens with two attached hydrogens (primary N) is 2. The predicted molar refractivity (Wildman–Crippen MR) is 282 cm³/mol. The number of nitrogens with zero attached hydrogens (tertiary/aromatic N) is 5. The number of anilines is 2. The molecular formula is C58H68N8O3. The van der Waals surface area contributed by atoms with Crippen molar-refractivity contribution in [2.45, 2.75) is 59.9 Å². The van der Waals surface area contributed by atoms with E-state index in [0.29, 0.717) is 18.8 Å². The van der Waals surface area contributed by atoms with Gasteiger partial charge in [-0.1, -0.05) is 71.8 Å². The van der Waals surface area contributed by atoms with Crippen LogP contribution in [0.5, 0.6) is 0 Å². The lowest BCUT2D eigenvalue weighted by molar-refractivity contribution is 0.0765. The Bertz CT molecular complexity index is 2620. The third kappa shape index (κ3) is 14.4. The number of piperidine rings is 2. The van der Waals surface area contributed by atoms with Crippen LogP contribution in [0.4, 0.5) is 11.4 Å². The Morgan fingerprint density at radius 1 is 0.551 bits per heavy atom. The second-order valence-corrected chi connectivity index (χ2v) is 17.0. The topological polar surface area (TPSA) is 151 Å². The molecule has 0 bridgehead atoms. The van der Waals surface area contributed by atoms with Crippen molar-refractivity contribution < 1.29 is 14.4 Å². The first-order valence-corrected chi connectivity index (χ1v) is 24.3. The summed E-state index contributed by atoms with van der Waals surface area (Å²) in [6, 6.07) is 43.6. The van der Waals surface area contributed by atoms with E-state index in [-0.39, 0.29) is 11.8 Å². The Hall–Kier alpha value is -7.21. The quantitative estimate of drug-likeness (QED) is 0.0760. The molecule has 2 aromatic heterocycles. The number of carbonyl (C=O) groups excluding carboxylic acids is 3. The van der Waals surface area contributed by atoms with Crippen LogP contribution in [0, 0.1) is 0 Å². The number of carbonyl (C=O) groups is 3. The summed E-state index contributed by atoms with van der Waals surface area (Å²) in [5.41, 5.74) is 26.7. The molecule has 0 aliphatic carbocycles. The lowest BCUT2D eigenvalue weighted by atomic mass is 9.88. The minimum absolute atomic E-state index is 0.0811. The van der Waals surface area contributed by atoms with Gasteiger partial charge < -0.3 is 26.6 Å². The van der Waals surface area contributed by atoms with Crippen LogP contribution in [0.3, 0.4) is 0 Å². The van der Waals surface area contributed by atoms with E-state index in [1.807, 2.05) is 110 Å². The first kappa shape index (κ1) is 51.2. The summed E-state index contributed by atoms with van der Waals surface area (Å²) in [6.07, 6.45) is 8.23. The summed E-state index contributed by atoms with van der Waals surface area (Å²) in [4.78, 5) is 49.7. The number of nitrogen functional groups attached to an aromatic ring is 2. The third-order valence-electron chi connectivity index (χ3n) is 12.6. The molecule has 0 unspecified atom stereocenters. The van der Waals surface area contributed by atoms with E-state index >= 15 is 0 Å². The summed E-state index contributed by atoms with van der Waals surface area (Å²) >= 11 is 0. The number of aromatic nitrogens is 2. The molecule has 11 nitrogen and oxygen atoms in total. The molecule has 0 saturated carbocycles. The zero-order chi connectivity index (χ0) is 49.0. The predicted octanol–water partition coefficient (Wildman–Crippen LogP) is 10.1. The van der Waals surface area contributed by atoms with Gasteiger partial charge in [0.2, 0.25) is 0 Å². The van der Waals surface area contributed by atoms with Crippen molar-refractivity contribution in [1.82, 2.24) is 30.0 Å². The monoisotopic (exact) mass is 925 g/mol. The minimum atomic E-state index is 0.0811.